The van der Waals surface area contributed by atoms with Crippen molar-refractivity contribution < 1.29 is 33.3 Å². The van der Waals surface area contributed by atoms with Crippen molar-refractivity contribution >= 4 is 27.5 Å². The molecule has 0 amide bonds. The van der Waals surface area contributed by atoms with Crippen molar-refractivity contribution in [2.45, 2.75) is 70.3 Å². The zero-order chi connectivity index (χ0) is 29.8. The number of carbonyl (C=O) groups is 1. The second-order valence-corrected chi connectivity index (χ2v) is 12.0. The highest BCUT2D eigenvalue weighted by Crippen LogP contribution is 2.39. The van der Waals surface area contributed by atoms with Crippen LogP contribution in [-0.2, 0) is 31.1 Å². The average molecular weight is 598 g/mol. The minimum Gasteiger partial charge on any atom is -0.496 e. The van der Waals surface area contributed by atoms with Gasteiger partial charge in [-0.2, -0.15) is 0 Å². The van der Waals surface area contributed by atoms with E-state index in [0.717, 1.165) is 4.57 Å². The van der Waals surface area contributed by atoms with Gasteiger partial charge < -0.3 is 28.5 Å². The molecule has 0 saturated carbocycles. The smallest absolute Gasteiger partial charge is 0.333 e. The van der Waals surface area contributed by atoms with Crippen LogP contribution in [0.5, 0.6) is 5.75 Å². The van der Waals surface area contributed by atoms with E-state index in [9.17, 15) is 19.5 Å². The van der Waals surface area contributed by atoms with Gasteiger partial charge in [-0.15, -0.1) is 11.3 Å². The van der Waals surface area contributed by atoms with Gasteiger partial charge in [0.2, 0.25) is 5.89 Å². The van der Waals surface area contributed by atoms with E-state index in [-0.39, 0.29) is 30.4 Å². The zero-order valence-electron chi connectivity index (χ0n) is 23.6. The van der Waals surface area contributed by atoms with Crippen molar-refractivity contribution in [3.63, 3.8) is 0 Å². The lowest BCUT2D eigenvalue weighted by Crippen LogP contribution is -2.52. The summed E-state index contributed by atoms with van der Waals surface area (Å²) < 4.78 is 31.6. The number of oxazole rings is 1. The predicted octanol–water partition coefficient (Wildman–Crippen LogP) is 3.68. The molecule has 1 aromatic carbocycles. The van der Waals surface area contributed by atoms with E-state index in [1.54, 1.807) is 14.0 Å². The van der Waals surface area contributed by atoms with Gasteiger partial charge >= 0.3 is 11.7 Å². The molecule has 0 radical (unpaired) electrons. The van der Waals surface area contributed by atoms with Crippen LogP contribution in [0.3, 0.4) is 0 Å². The standard InChI is InChI=1S/C29H31N3O9S/c1-15-22-25(33)32(29(2,3)27(34)35)28(36)31(26(22)42-23(15)24-30-9-10-38-24)13-20(18-7-5-6-8-19(18)37-4)40-16-11-17-14-39-21(12-16)41-17/h5-10,16-17,20-21H,11-14H2,1-4H3,(H,34,35)/t16-,17-,20?,21+/m0/s1. The number of carboxylic acid groups (broad SMARTS) is 1. The number of nitrogens with zero attached hydrogens (tertiary/aromatic N) is 3. The number of aromatic nitrogens is 3. The van der Waals surface area contributed by atoms with Crippen molar-refractivity contribution in [3.05, 3.63) is 68.7 Å². The quantitative estimate of drug-likeness (QED) is 0.303. The van der Waals surface area contributed by atoms with Crippen LogP contribution in [0.1, 0.15) is 43.9 Å². The third-order valence-electron chi connectivity index (χ3n) is 7.91. The van der Waals surface area contributed by atoms with Crippen LogP contribution in [0.25, 0.3) is 21.0 Å². The van der Waals surface area contributed by atoms with E-state index in [4.69, 9.17) is 23.4 Å². The Labute approximate surface area is 244 Å². The summed E-state index contributed by atoms with van der Waals surface area (Å²) in [6, 6.07) is 7.37. The fraction of sp³-hybridized carbons (Fsp3) is 0.448. The maximum atomic E-state index is 14.2. The highest BCUT2D eigenvalue weighted by molar-refractivity contribution is 7.22. The predicted molar refractivity (Wildman–Crippen MR) is 152 cm³/mol. The molecule has 3 aromatic heterocycles. The lowest BCUT2D eigenvalue weighted by Gasteiger charge is -2.31. The zero-order valence-corrected chi connectivity index (χ0v) is 24.4. The second kappa shape index (κ2) is 10.8. The van der Waals surface area contributed by atoms with Gasteiger partial charge in [0.25, 0.3) is 5.56 Å². The van der Waals surface area contributed by atoms with Crippen molar-refractivity contribution in [1.29, 1.82) is 0 Å². The topological polar surface area (TPSA) is 144 Å². The summed E-state index contributed by atoms with van der Waals surface area (Å²) in [6.45, 7) is 4.87. The highest BCUT2D eigenvalue weighted by Gasteiger charge is 2.39. The molecular formula is C29H31N3O9S. The van der Waals surface area contributed by atoms with Gasteiger partial charge in [0.05, 0.1) is 48.9 Å². The number of aliphatic carboxylic acids is 1. The molecule has 42 heavy (non-hydrogen) atoms. The SMILES string of the molecule is COc1ccccc1C(Cn1c(=O)n(C(C)(C)C(=O)O)c(=O)c2c(C)c(-c3ncco3)sc21)O[C@H]1C[C@H]2CO[C@@H](C1)O2. The summed E-state index contributed by atoms with van der Waals surface area (Å²) in [5.74, 6) is -0.449. The first-order valence-electron chi connectivity index (χ1n) is 13.6. The molecule has 222 valence electrons. The number of rotatable bonds is 9. The van der Waals surface area contributed by atoms with Crippen molar-refractivity contribution in [2.24, 2.45) is 0 Å². The fourth-order valence-electron chi connectivity index (χ4n) is 5.65. The van der Waals surface area contributed by atoms with Crippen molar-refractivity contribution in [1.82, 2.24) is 14.1 Å². The molecule has 2 fully saturated rings. The van der Waals surface area contributed by atoms with Gasteiger partial charge in [0.15, 0.2) is 6.29 Å². The Kier molecular flexibility index (Phi) is 7.29. The van der Waals surface area contributed by atoms with Crippen LogP contribution in [0.2, 0.25) is 0 Å². The molecule has 2 aliphatic heterocycles. The van der Waals surface area contributed by atoms with Gasteiger partial charge in [-0.05, 0) is 32.4 Å². The Morgan fingerprint density at radius 2 is 2.05 bits per heavy atom. The first-order valence-corrected chi connectivity index (χ1v) is 14.4. The molecule has 2 bridgehead atoms. The molecule has 5 heterocycles. The summed E-state index contributed by atoms with van der Waals surface area (Å²) in [7, 11) is 1.56. The Balaban J connectivity index is 1.55. The van der Waals surface area contributed by atoms with Crippen LogP contribution in [0.4, 0.5) is 0 Å². The largest absolute Gasteiger partial charge is 0.496 e. The molecule has 0 spiro atoms. The molecule has 4 aromatic rings. The van der Waals surface area contributed by atoms with Crippen LogP contribution in [-0.4, -0.2) is 57.4 Å². The van der Waals surface area contributed by atoms with Gasteiger partial charge in [-0.3, -0.25) is 9.36 Å². The molecule has 12 nitrogen and oxygen atoms in total. The summed E-state index contributed by atoms with van der Waals surface area (Å²) in [5, 5.41) is 10.3. The van der Waals surface area contributed by atoms with E-state index in [1.807, 2.05) is 24.3 Å². The lowest BCUT2D eigenvalue weighted by molar-refractivity contribution is -0.147. The number of ether oxygens (including phenoxy) is 4. The van der Waals surface area contributed by atoms with Crippen LogP contribution < -0.4 is 16.0 Å². The first-order chi connectivity index (χ1) is 20.1. The molecule has 1 N–H and O–H groups in total. The van der Waals surface area contributed by atoms with E-state index in [0.29, 0.717) is 51.9 Å². The molecule has 4 atom stereocenters. The van der Waals surface area contributed by atoms with Crippen LogP contribution in [0, 0.1) is 6.92 Å². The van der Waals surface area contributed by atoms with E-state index in [1.165, 1.54) is 42.2 Å². The summed E-state index contributed by atoms with van der Waals surface area (Å²) in [4.78, 5) is 45.6. The van der Waals surface area contributed by atoms with Gasteiger partial charge in [0.1, 0.15) is 28.5 Å². The van der Waals surface area contributed by atoms with Crippen LogP contribution in [0.15, 0.2) is 50.7 Å². The number of para-hydroxylation sites is 1. The maximum Gasteiger partial charge on any atom is 0.333 e. The highest BCUT2D eigenvalue weighted by atomic mass is 32.1. The third kappa shape index (κ3) is 4.75. The Morgan fingerprint density at radius 3 is 2.74 bits per heavy atom. The maximum absolute atomic E-state index is 14.2. The van der Waals surface area contributed by atoms with Crippen molar-refractivity contribution in [3.8, 4) is 16.5 Å². The molecular weight excluding hydrogens is 566 g/mol. The van der Waals surface area contributed by atoms with Gasteiger partial charge in [0, 0.05) is 18.4 Å². The number of thiophene rings is 1. The molecule has 0 aliphatic carbocycles. The minimum absolute atomic E-state index is 0.0236. The molecule has 6 rings (SSSR count). The number of methoxy groups -OCH3 is 1. The third-order valence-corrected chi connectivity index (χ3v) is 9.21. The first kappa shape index (κ1) is 28.3. The number of hydrogen-bond acceptors (Lipinski definition) is 10. The average Bonchev–Trinajstić information content (AvgIpc) is 3.69. The normalized spacial score (nSPS) is 21.1. The van der Waals surface area contributed by atoms with Crippen LogP contribution >= 0.6 is 11.3 Å². The number of aryl methyl sites for hydroxylation is 1. The summed E-state index contributed by atoms with van der Waals surface area (Å²) in [6.07, 6.45) is 2.69. The fourth-order valence-corrected chi connectivity index (χ4v) is 6.89. The monoisotopic (exact) mass is 597 g/mol. The van der Waals surface area contributed by atoms with E-state index < -0.39 is 28.9 Å². The molecule has 1 unspecified atom stereocenters. The number of benzene rings is 1. The van der Waals surface area contributed by atoms with Gasteiger partial charge in [-0.25, -0.2) is 19.1 Å². The molecule has 2 saturated heterocycles. The van der Waals surface area contributed by atoms with Gasteiger partial charge in [-0.1, -0.05) is 18.2 Å². The van der Waals surface area contributed by atoms with Crippen molar-refractivity contribution in [2.75, 3.05) is 13.7 Å². The number of fused-ring (bicyclic) bond motifs is 3. The van der Waals surface area contributed by atoms with E-state index >= 15 is 0 Å². The minimum atomic E-state index is -1.83. The Bertz CT molecular complexity index is 1740. The second-order valence-electron chi connectivity index (χ2n) is 11.0. The molecule has 2 aliphatic rings. The summed E-state index contributed by atoms with van der Waals surface area (Å²) >= 11 is 1.19. The Morgan fingerprint density at radius 1 is 1.26 bits per heavy atom. The summed E-state index contributed by atoms with van der Waals surface area (Å²) in [5.41, 5.74) is -2.05. The number of hydrogen-bond donors (Lipinski definition) is 1. The lowest BCUT2D eigenvalue weighted by atomic mass is 10.0. The molecule has 13 heteroatoms. The van der Waals surface area contributed by atoms with E-state index in [2.05, 4.69) is 4.98 Å². The Hall–Kier alpha value is -3.78. The number of carboxylic acids is 1.